The van der Waals surface area contributed by atoms with Crippen molar-refractivity contribution in [2.24, 2.45) is 0 Å². The minimum absolute atomic E-state index is 0.988. The Morgan fingerprint density at radius 1 is 1.20 bits per heavy atom. The van der Waals surface area contributed by atoms with E-state index < -0.39 is 5.97 Å². The van der Waals surface area contributed by atoms with Gasteiger partial charge in [-0.25, -0.2) is 4.79 Å². The average Bonchev–Trinajstić information content (AvgIpc) is 2.20. The van der Waals surface area contributed by atoms with Gasteiger partial charge in [-0.15, -0.1) is 0 Å². The summed E-state index contributed by atoms with van der Waals surface area (Å²) < 4.78 is 0. The van der Waals surface area contributed by atoms with Crippen LogP contribution >= 0.6 is 0 Å². The van der Waals surface area contributed by atoms with Crippen LogP contribution in [0.1, 0.15) is 13.3 Å². The maximum Gasteiger partial charge on any atom is 0.382 e. The molecule has 0 aliphatic heterocycles. The predicted molar refractivity (Wildman–Crippen MR) is 59.5 cm³/mol. The van der Waals surface area contributed by atoms with Crippen LogP contribution in [0.25, 0.3) is 0 Å². The van der Waals surface area contributed by atoms with E-state index in [9.17, 15) is 4.79 Å². The molecule has 0 aliphatic carbocycles. The minimum atomic E-state index is -1.19. The van der Waals surface area contributed by atoms with Crippen LogP contribution in [0, 0.1) is 35.5 Å². The van der Waals surface area contributed by atoms with Crippen molar-refractivity contribution in [3.63, 3.8) is 0 Å². The quantitative estimate of drug-likeness (QED) is 0.540. The predicted octanol–water partition coefficient (Wildman–Crippen LogP) is 1.60. The largest absolute Gasteiger partial charge is 0.472 e. The van der Waals surface area contributed by atoms with Crippen molar-refractivity contribution >= 4 is 5.97 Å². The van der Waals surface area contributed by atoms with Gasteiger partial charge in [0.05, 0.1) is 0 Å². The highest BCUT2D eigenvalue weighted by atomic mass is 16.4. The standard InChI is InChI=1S/C13H10O2/c1-2-3-4-5-6-7-8-9-10-11-12-13(14)15/h3-6H,2H2,1H3,(H,14,15). The summed E-state index contributed by atoms with van der Waals surface area (Å²) in [6.45, 7) is 2.04. The first-order valence-electron chi connectivity index (χ1n) is 4.33. The number of allylic oxidation sites excluding steroid dienone is 4. The van der Waals surface area contributed by atoms with E-state index in [1.165, 1.54) is 0 Å². The molecule has 0 fully saturated rings. The third-order valence-corrected chi connectivity index (χ3v) is 1.09. The van der Waals surface area contributed by atoms with Gasteiger partial charge < -0.3 is 5.11 Å². The maximum atomic E-state index is 9.94. The van der Waals surface area contributed by atoms with Crippen molar-refractivity contribution in [2.75, 3.05) is 0 Å². The molecule has 0 heterocycles. The van der Waals surface area contributed by atoms with Crippen LogP contribution in [0.3, 0.4) is 0 Å². The highest BCUT2D eigenvalue weighted by Gasteiger charge is 1.78. The summed E-state index contributed by atoms with van der Waals surface area (Å²) in [5, 5.41) is 8.14. The fraction of sp³-hybridized carbons (Fsp3) is 0.154. The molecule has 0 bridgehead atoms. The fourth-order valence-electron chi connectivity index (χ4n) is 0.543. The Labute approximate surface area is 89.7 Å². The summed E-state index contributed by atoms with van der Waals surface area (Å²) in [5.41, 5.74) is 0. The van der Waals surface area contributed by atoms with Gasteiger partial charge in [0.15, 0.2) is 0 Å². The molecule has 0 rings (SSSR count). The third kappa shape index (κ3) is 11.6. The first kappa shape index (κ1) is 12.6. The second-order valence-corrected chi connectivity index (χ2v) is 2.27. The number of hydrogen-bond donors (Lipinski definition) is 1. The van der Waals surface area contributed by atoms with Gasteiger partial charge >= 0.3 is 5.97 Å². The summed E-state index contributed by atoms with van der Waals surface area (Å²) in [6.07, 6.45) is 8.35. The van der Waals surface area contributed by atoms with Gasteiger partial charge in [0.2, 0.25) is 0 Å². The van der Waals surface area contributed by atoms with Crippen LogP contribution in [0.2, 0.25) is 0 Å². The van der Waals surface area contributed by atoms with E-state index in [-0.39, 0.29) is 0 Å². The topological polar surface area (TPSA) is 37.3 Å². The molecule has 0 aromatic heterocycles. The highest BCUT2D eigenvalue weighted by Crippen LogP contribution is 1.80. The molecule has 0 spiro atoms. The van der Waals surface area contributed by atoms with Gasteiger partial charge in [-0.3, -0.25) is 0 Å². The Morgan fingerprint density at radius 3 is 2.60 bits per heavy atom. The van der Waals surface area contributed by atoms with E-state index in [4.69, 9.17) is 5.11 Å². The van der Waals surface area contributed by atoms with Gasteiger partial charge in [-0.05, 0) is 36.2 Å². The van der Waals surface area contributed by atoms with E-state index in [1.54, 1.807) is 12.2 Å². The molecule has 0 radical (unpaired) electrons. The van der Waals surface area contributed by atoms with E-state index >= 15 is 0 Å². The number of carboxylic acid groups (broad SMARTS) is 1. The summed E-state index contributed by atoms with van der Waals surface area (Å²) in [7, 11) is 0. The number of rotatable bonds is 2. The van der Waals surface area contributed by atoms with Crippen molar-refractivity contribution in [3.8, 4) is 35.5 Å². The molecule has 15 heavy (non-hydrogen) atoms. The van der Waals surface area contributed by atoms with Crippen LogP contribution in [-0.2, 0) is 4.79 Å². The lowest BCUT2D eigenvalue weighted by molar-refractivity contribution is -0.130. The van der Waals surface area contributed by atoms with Crippen molar-refractivity contribution < 1.29 is 9.90 Å². The van der Waals surface area contributed by atoms with Gasteiger partial charge in [-0.1, -0.05) is 31.1 Å². The normalized spacial score (nSPS) is 8.33. The molecule has 0 atom stereocenters. The highest BCUT2D eigenvalue weighted by molar-refractivity contribution is 5.87. The van der Waals surface area contributed by atoms with Crippen molar-refractivity contribution in [1.29, 1.82) is 0 Å². The molecule has 0 saturated carbocycles. The first-order valence-corrected chi connectivity index (χ1v) is 4.33. The molecule has 1 N–H and O–H groups in total. The molecule has 2 heteroatoms. The van der Waals surface area contributed by atoms with E-state index in [2.05, 4.69) is 29.6 Å². The van der Waals surface area contributed by atoms with Crippen molar-refractivity contribution in [2.45, 2.75) is 13.3 Å². The Hall–Kier alpha value is -2.37. The van der Waals surface area contributed by atoms with Crippen LogP contribution in [0.15, 0.2) is 24.3 Å². The van der Waals surface area contributed by atoms with Crippen molar-refractivity contribution in [1.82, 2.24) is 0 Å². The first-order chi connectivity index (χ1) is 7.27. The Bertz CT molecular complexity index is 434. The molecule has 0 unspecified atom stereocenters. The Kier molecular flexibility index (Phi) is 8.18. The molecule has 0 aromatic carbocycles. The monoisotopic (exact) mass is 198 g/mol. The lowest BCUT2D eigenvalue weighted by Gasteiger charge is -1.70. The molecular weight excluding hydrogens is 188 g/mol. The lowest BCUT2D eigenvalue weighted by atomic mass is 10.4. The Balaban J connectivity index is 4.01. The smallest absolute Gasteiger partial charge is 0.382 e. The van der Waals surface area contributed by atoms with Crippen molar-refractivity contribution in [3.05, 3.63) is 24.3 Å². The molecule has 0 amide bonds. The zero-order valence-corrected chi connectivity index (χ0v) is 8.37. The summed E-state index contributed by atoms with van der Waals surface area (Å²) >= 11 is 0. The SMILES string of the molecule is CCC=CC=CC#CC#CC#CC(=O)O. The van der Waals surface area contributed by atoms with Crippen LogP contribution < -0.4 is 0 Å². The Morgan fingerprint density at radius 2 is 1.93 bits per heavy atom. The minimum Gasteiger partial charge on any atom is -0.472 e. The number of hydrogen-bond acceptors (Lipinski definition) is 1. The third-order valence-electron chi connectivity index (χ3n) is 1.09. The maximum absolute atomic E-state index is 9.94. The lowest BCUT2D eigenvalue weighted by Crippen LogP contribution is -1.85. The van der Waals surface area contributed by atoms with E-state index in [1.807, 2.05) is 25.0 Å². The van der Waals surface area contributed by atoms with Crippen LogP contribution in [0.5, 0.6) is 0 Å². The summed E-state index contributed by atoms with van der Waals surface area (Å²) in [6, 6.07) is 0. The molecule has 0 aliphatic rings. The van der Waals surface area contributed by atoms with Gasteiger partial charge in [0.25, 0.3) is 0 Å². The summed E-state index contributed by atoms with van der Waals surface area (Å²) in [5.74, 6) is 12.7. The zero-order chi connectivity index (χ0) is 11.4. The van der Waals surface area contributed by atoms with Crippen LogP contribution in [-0.4, -0.2) is 11.1 Å². The zero-order valence-electron chi connectivity index (χ0n) is 8.37. The van der Waals surface area contributed by atoms with E-state index in [0.29, 0.717) is 0 Å². The van der Waals surface area contributed by atoms with Crippen LogP contribution in [0.4, 0.5) is 0 Å². The summed E-state index contributed by atoms with van der Waals surface area (Å²) in [4.78, 5) is 9.94. The molecule has 74 valence electrons. The van der Waals surface area contributed by atoms with Gasteiger partial charge in [0.1, 0.15) is 0 Å². The molecular formula is C13H10O2. The second-order valence-electron chi connectivity index (χ2n) is 2.27. The molecule has 0 aromatic rings. The fourth-order valence-corrected chi connectivity index (χ4v) is 0.543. The number of carbonyl (C=O) groups is 1. The second kappa shape index (κ2) is 9.72. The number of aliphatic carboxylic acids is 1. The molecule has 2 nitrogen and oxygen atoms in total. The number of carboxylic acids is 1. The molecule has 0 saturated heterocycles. The van der Waals surface area contributed by atoms with Gasteiger partial charge in [-0.2, -0.15) is 0 Å². The van der Waals surface area contributed by atoms with E-state index in [0.717, 1.165) is 6.42 Å². The van der Waals surface area contributed by atoms with Gasteiger partial charge in [0, 0.05) is 5.92 Å². The average molecular weight is 198 g/mol.